The first-order chi connectivity index (χ1) is 15.4. The maximum Gasteiger partial charge on any atom is 0.185 e. The van der Waals surface area contributed by atoms with E-state index in [-0.39, 0.29) is 17.6 Å². The average molecular weight is 440 g/mol. The normalized spacial score (nSPS) is 14.6. The molecule has 0 amide bonds. The molecule has 1 saturated heterocycles. The Bertz CT molecular complexity index is 829. The van der Waals surface area contributed by atoms with Crippen LogP contribution in [0.25, 0.3) is 0 Å². The van der Waals surface area contributed by atoms with E-state index in [2.05, 4.69) is 33.7 Å². The fraction of sp³-hybridized carbons (Fsp3) is 0.560. The molecule has 3 rings (SSSR count). The highest BCUT2D eigenvalue weighted by Gasteiger charge is 2.22. The molecule has 2 aromatic rings. The fourth-order valence-electron chi connectivity index (χ4n) is 4.09. The quantitative estimate of drug-likeness (QED) is 0.580. The van der Waals surface area contributed by atoms with Gasteiger partial charge in [0.25, 0.3) is 0 Å². The third-order valence-corrected chi connectivity index (χ3v) is 5.87. The summed E-state index contributed by atoms with van der Waals surface area (Å²) in [6.07, 6.45) is 12.4. The maximum absolute atomic E-state index is 12.0. The van der Waals surface area contributed by atoms with E-state index < -0.39 is 0 Å². The van der Waals surface area contributed by atoms with E-state index in [1.165, 1.54) is 5.56 Å². The van der Waals surface area contributed by atoms with Gasteiger partial charge < -0.3 is 5.73 Å². The summed E-state index contributed by atoms with van der Waals surface area (Å²) in [4.78, 5) is 37.6. The van der Waals surface area contributed by atoms with Crippen molar-refractivity contribution in [1.29, 1.82) is 0 Å². The number of piperidine rings is 1. The first-order valence-corrected chi connectivity index (χ1v) is 11.7. The van der Waals surface area contributed by atoms with Crippen LogP contribution in [0.4, 0.5) is 5.82 Å². The first kappa shape index (κ1) is 25.6. The number of Topliss-reactive ketones (excluding diaryl/α,β-unsaturated/α-hetero) is 2. The van der Waals surface area contributed by atoms with Crippen molar-refractivity contribution in [3.63, 3.8) is 0 Å². The minimum atomic E-state index is 0.122. The van der Waals surface area contributed by atoms with E-state index in [1.54, 1.807) is 31.7 Å². The van der Waals surface area contributed by atoms with Crippen molar-refractivity contribution in [3.05, 3.63) is 48.2 Å². The standard InChI is InChI=1S/C13H19N3O.C12H18N2O/c1-10(17)12-3-6-16(7-4-12)9-11-2-5-15-13(14)8-11;1-3-5-10(6-4-2)12(15)11-9-13-7-8-14-11/h2,5,8,12H,3-4,6-7,9H2,1H3,(H2,14,15);7-10H,3-6H2,1-2H3. The summed E-state index contributed by atoms with van der Waals surface area (Å²) < 4.78 is 0. The van der Waals surface area contributed by atoms with Crippen molar-refractivity contribution >= 4 is 17.4 Å². The number of hydrogen-bond donors (Lipinski definition) is 1. The van der Waals surface area contributed by atoms with E-state index >= 15 is 0 Å². The van der Waals surface area contributed by atoms with Crippen LogP contribution in [0, 0.1) is 11.8 Å². The minimum Gasteiger partial charge on any atom is -0.384 e. The lowest BCUT2D eigenvalue weighted by Crippen LogP contribution is -2.35. The summed E-state index contributed by atoms with van der Waals surface area (Å²) in [5.41, 5.74) is 7.35. The summed E-state index contributed by atoms with van der Waals surface area (Å²) in [5, 5.41) is 0. The molecule has 1 fully saturated rings. The zero-order valence-electron chi connectivity index (χ0n) is 19.7. The molecule has 0 saturated carbocycles. The van der Waals surface area contributed by atoms with E-state index in [0.717, 1.165) is 58.2 Å². The predicted octanol–water partition coefficient (Wildman–Crippen LogP) is 4.34. The van der Waals surface area contributed by atoms with E-state index in [0.29, 0.717) is 17.3 Å². The van der Waals surface area contributed by atoms with Gasteiger partial charge in [-0.25, -0.2) is 9.97 Å². The van der Waals surface area contributed by atoms with Crippen LogP contribution in [0.5, 0.6) is 0 Å². The summed E-state index contributed by atoms with van der Waals surface area (Å²) in [5.74, 6) is 1.44. The minimum absolute atomic E-state index is 0.122. The molecule has 2 N–H and O–H groups in total. The van der Waals surface area contributed by atoms with Gasteiger partial charge in [0.05, 0.1) is 6.20 Å². The monoisotopic (exact) mass is 439 g/mol. The van der Waals surface area contributed by atoms with Gasteiger partial charge in [-0.1, -0.05) is 26.7 Å². The Morgan fingerprint density at radius 3 is 2.31 bits per heavy atom. The second kappa shape index (κ2) is 13.7. The largest absolute Gasteiger partial charge is 0.384 e. The SMILES string of the molecule is CC(=O)C1CCN(Cc2ccnc(N)c2)CC1.CCCC(CCC)C(=O)c1cnccn1. The highest BCUT2D eigenvalue weighted by atomic mass is 16.1. The number of anilines is 1. The highest BCUT2D eigenvalue weighted by molar-refractivity contribution is 5.95. The molecule has 174 valence electrons. The van der Waals surface area contributed by atoms with Gasteiger partial charge in [-0.15, -0.1) is 0 Å². The molecule has 1 aliphatic heterocycles. The smallest absolute Gasteiger partial charge is 0.185 e. The Balaban J connectivity index is 0.000000229. The lowest BCUT2D eigenvalue weighted by Gasteiger charge is -2.30. The molecule has 0 bridgehead atoms. The third-order valence-electron chi connectivity index (χ3n) is 5.87. The number of nitrogens with two attached hydrogens (primary N) is 1. The zero-order chi connectivity index (χ0) is 23.3. The number of rotatable bonds is 9. The van der Waals surface area contributed by atoms with Gasteiger partial charge in [0.2, 0.25) is 0 Å². The van der Waals surface area contributed by atoms with Crippen molar-refractivity contribution in [2.45, 2.75) is 65.8 Å². The lowest BCUT2D eigenvalue weighted by molar-refractivity contribution is -0.122. The van der Waals surface area contributed by atoms with Crippen LogP contribution in [-0.4, -0.2) is 44.5 Å². The summed E-state index contributed by atoms with van der Waals surface area (Å²) in [7, 11) is 0. The number of pyridine rings is 1. The van der Waals surface area contributed by atoms with E-state index in [1.807, 2.05) is 12.1 Å². The molecule has 0 aromatic carbocycles. The van der Waals surface area contributed by atoms with Gasteiger partial charge in [-0.2, -0.15) is 0 Å². The molecule has 7 heteroatoms. The zero-order valence-corrected chi connectivity index (χ0v) is 19.7. The Kier molecular flexibility index (Phi) is 10.9. The topological polar surface area (TPSA) is 102 Å². The molecular formula is C25H37N5O2. The van der Waals surface area contributed by atoms with Gasteiger partial charge in [-0.3, -0.25) is 19.5 Å². The summed E-state index contributed by atoms with van der Waals surface area (Å²) in [6.45, 7) is 8.79. The van der Waals surface area contributed by atoms with Gasteiger partial charge in [0, 0.05) is 37.0 Å². The van der Waals surface area contributed by atoms with Crippen LogP contribution >= 0.6 is 0 Å². The highest BCUT2D eigenvalue weighted by Crippen LogP contribution is 2.20. The van der Waals surface area contributed by atoms with Crippen molar-refractivity contribution in [2.24, 2.45) is 11.8 Å². The molecule has 0 spiro atoms. The van der Waals surface area contributed by atoms with Crippen LogP contribution in [0.2, 0.25) is 0 Å². The number of carbonyl (C=O) groups excluding carboxylic acids is 2. The van der Waals surface area contributed by atoms with Crippen molar-refractivity contribution in [3.8, 4) is 0 Å². The van der Waals surface area contributed by atoms with Crippen LogP contribution in [0.3, 0.4) is 0 Å². The van der Waals surface area contributed by atoms with Gasteiger partial charge in [0.1, 0.15) is 17.3 Å². The van der Waals surface area contributed by atoms with Gasteiger partial charge >= 0.3 is 0 Å². The number of hydrogen-bond acceptors (Lipinski definition) is 7. The number of nitrogens with zero attached hydrogens (tertiary/aromatic N) is 4. The lowest BCUT2D eigenvalue weighted by atomic mass is 9.92. The van der Waals surface area contributed by atoms with Crippen LogP contribution in [0.15, 0.2) is 36.9 Å². The Labute approximate surface area is 191 Å². The van der Waals surface area contributed by atoms with E-state index in [9.17, 15) is 9.59 Å². The molecule has 3 heterocycles. The van der Waals surface area contributed by atoms with Crippen LogP contribution in [-0.2, 0) is 11.3 Å². The average Bonchev–Trinajstić information content (AvgIpc) is 2.80. The van der Waals surface area contributed by atoms with Crippen molar-refractivity contribution in [1.82, 2.24) is 19.9 Å². The van der Waals surface area contributed by atoms with Gasteiger partial charge in [0.15, 0.2) is 5.78 Å². The number of nitrogen functional groups attached to an aromatic ring is 1. The molecule has 0 unspecified atom stereocenters. The Morgan fingerprint density at radius 1 is 1.09 bits per heavy atom. The Morgan fingerprint density at radius 2 is 1.78 bits per heavy atom. The molecule has 1 aliphatic rings. The number of carbonyl (C=O) groups is 2. The van der Waals surface area contributed by atoms with Crippen LogP contribution < -0.4 is 5.73 Å². The molecule has 2 aromatic heterocycles. The summed E-state index contributed by atoms with van der Waals surface area (Å²) in [6, 6.07) is 3.91. The number of ketones is 2. The molecule has 7 nitrogen and oxygen atoms in total. The van der Waals surface area contributed by atoms with Crippen molar-refractivity contribution < 1.29 is 9.59 Å². The van der Waals surface area contributed by atoms with E-state index in [4.69, 9.17) is 5.73 Å². The predicted molar refractivity (Wildman–Crippen MR) is 127 cm³/mol. The van der Waals surface area contributed by atoms with Gasteiger partial charge in [-0.05, 0) is 63.4 Å². The molecule has 0 aliphatic carbocycles. The Hall–Kier alpha value is -2.67. The molecule has 0 atom stereocenters. The third kappa shape index (κ3) is 8.46. The fourth-order valence-corrected chi connectivity index (χ4v) is 4.09. The first-order valence-electron chi connectivity index (χ1n) is 11.7. The van der Waals surface area contributed by atoms with Crippen molar-refractivity contribution in [2.75, 3.05) is 18.8 Å². The second-order valence-electron chi connectivity index (χ2n) is 8.48. The molecular weight excluding hydrogens is 402 g/mol. The second-order valence-corrected chi connectivity index (χ2v) is 8.48. The summed E-state index contributed by atoms with van der Waals surface area (Å²) >= 11 is 0. The number of likely N-dealkylation sites (tertiary alicyclic amines) is 1. The molecule has 32 heavy (non-hydrogen) atoms. The maximum atomic E-state index is 12.0. The number of aromatic nitrogens is 3. The van der Waals surface area contributed by atoms with Crippen LogP contribution in [0.1, 0.15) is 75.3 Å². The molecule has 0 radical (unpaired) electrons.